The molecule has 1 saturated heterocycles. The molecule has 7 heteroatoms. The topological polar surface area (TPSA) is 73.1 Å². The minimum Gasteiger partial charge on any atom is -0.487 e. The van der Waals surface area contributed by atoms with Crippen LogP contribution in [0.25, 0.3) is 5.65 Å². The van der Waals surface area contributed by atoms with Crippen LogP contribution >= 0.6 is 0 Å². The molecule has 150 valence electrons. The lowest BCUT2D eigenvalue weighted by molar-refractivity contribution is -0.146. The van der Waals surface area contributed by atoms with Gasteiger partial charge in [0, 0.05) is 31.0 Å². The number of amides is 1. The maximum Gasteiger partial charge on any atom is 0.308 e. The number of carbonyl (C=O) groups excluding carboxylic acids is 2. The Labute approximate surface area is 168 Å². The second kappa shape index (κ2) is 8.34. The lowest BCUT2D eigenvalue weighted by Crippen LogP contribution is -2.40. The van der Waals surface area contributed by atoms with Gasteiger partial charge in [-0.2, -0.15) is 0 Å². The molecule has 1 fully saturated rings. The molecule has 29 heavy (non-hydrogen) atoms. The van der Waals surface area contributed by atoms with Crippen LogP contribution in [-0.4, -0.2) is 46.4 Å². The van der Waals surface area contributed by atoms with Gasteiger partial charge < -0.3 is 18.8 Å². The van der Waals surface area contributed by atoms with Gasteiger partial charge in [0.25, 0.3) is 5.91 Å². The van der Waals surface area contributed by atoms with Crippen molar-refractivity contribution in [2.45, 2.75) is 19.4 Å². The van der Waals surface area contributed by atoms with Crippen LogP contribution in [0.2, 0.25) is 0 Å². The zero-order chi connectivity index (χ0) is 20.2. The third-order valence-corrected chi connectivity index (χ3v) is 5.20. The van der Waals surface area contributed by atoms with E-state index in [2.05, 4.69) is 4.98 Å². The molecule has 2 aromatic heterocycles. The van der Waals surface area contributed by atoms with Crippen molar-refractivity contribution in [1.29, 1.82) is 0 Å². The summed E-state index contributed by atoms with van der Waals surface area (Å²) < 4.78 is 12.6. The highest BCUT2D eigenvalue weighted by atomic mass is 16.5. The molecule has 1 aliphatic rings. The Balaban J connectivity index is 1.38. The number of ether oxygens (including phenoxy) is 2. The van der Waals surface area contributed by atoms with E-state index in [0.29, 0.717) is 43.9 Å². The van der Waals surface area contributed by atoms with Gasteiger partial charge >= 0.3 is 5.97 Å². The van der Waals surface area contributed by atoms with E-state index in [-0.39, 0.29) is 17.8 Å². The average Bonchev–Trinajstić information content (AvgIpc) is 3.20. The molecule has 0 radical (unpaired) electrons. The minimum absolute atomic E-state index is 0.0495. The summed E-state index contributed by atoms with van der Waals surface area (Å²) in [6, 6.07) is 13.0. The minimum atomic E-state index is -0.195. The molecular formula is C22H23N3O4. The Morgan fingerprint density at radius 2 is 1.97 bits per heavy atom. The fraction of sp³-hybridized carbons (Fsp3) is 0.318. The van der Waals surface area contributed by atoms with Gasteiger partial charge in [-0.15, -0.1) is 0 Å². The SMILES string of the molecule is COC(=O)C1CCN(C(=O)c2cccc(OCc3cn4ccccc4n3)c2)CC1. The molecule has 1 aromatic carbocycles. The number of fused-ring (bicyclic) bond motifs is 1. The van der Waals surface area contributed by atoms with Gasteiger partial charge in [-0.05, 0) is 43.2 Å². The molecule has 1 amide bonds. The third kappa shape index (κ3) is 4.23. The number of carbonyl (C=O) groups is 2. The van der Waals surface area contributed by atoms with Crippen molar-refractivity contribution in [3.8, 4) is 5.75 Å². The van der Waals surface area contributed by atoms with Gasteiger partial charge in [-0.25, -0.2) is 4.98 Å². The number of hydrogen-bond donors (Lipinski definition) is 0. The van der Waals surface area contributed by atoms with Crippen molar-refractivity contribution in [2.24, 2.45) is 5.92 Å². The summed E-state index contributed by atoms with van der Waals surface area (Å²) in [6.07, 6.45) is 5.12. The Morgan fingerprint density at radius 3 is 2.72 bits per heavy atom. The Morgan fingerprint density at radius 1 is 1.14 bits per heavy atom. The Bertz CT molecular complexity index is 989. The summed E-state index contributed by atoms with van der Waals surface area (Å²) in [5, 5.41) is 0. The van der Waals surface area contributed by atoms with Crippen molar-refractivity contribution in [3.63, 3.8) is 0 Å². The smallest absolute Gasteiger partial charge is 0.308 e. The van der Waals surface area contributed by atoms with Crippen molar-refractivity contribution < 1.29 is 19.1 Å². The number of methoxy groups -OCH3 is 1. The zero-order valence-corrected chi connectivity index (χ0v) is 16.3. The van der Waals surface area contributed by atoms with Gasteiger partial charge in [-0.3, -0.25) is 9.59 Å². The second-order valence-electron chi connectivity index (χ2n) is 7.10. The largest absolute Gasteiger partial charge is 0.487 e. The summed E-state index contributed by atoms with van der Waals surface area (Å²) in [5.74, 6) is 0.257. The van der Waals surface area contributed by atoms with Gasteiger partial charge in [0.15, 0.2) is 0 Å². The van der Waals surface area contributed by atoms with E-state index in [4.69, 9.17) is 9.47 Å². The molecular weight excluding hydrogens is 370 g/mol. The number of hydrogen-bond acceptors (Lipinski definition) is 5. The first-order valence-electron chi connectivity index (χ1n) is 9.66. The lowest BCUT2D eigenvalue weighted by Gasteiger charge is -2.30. The summed E-state index contributed by atoms with van der Waals surface area (Å²) in [5.41, 5.74) is 2.26. The van der Waals surface area contributed by atoms with Crippen LogP contribution in [0.5, 0.6) is 5.75 Å². The van der Waals surface area contributed by atoms with Crippen LogP contribution in [0.3, 0.4) is 0 Å². The normalized spacial score (nSPS) is 14.7. The number of aromatic nitrogens is 2. The van der Waals surface area contributed by atoms with Crippen molar-refractivity contribution in [2.75, 3.05) is 20.2 Å². The van der Waals surface area contributed by atoms with Crippen molar-refractivity contribution in [3.05, 3.63) is 66.1 Å². The number of imidazole rings is 1. The highest BCUT2D eigenvalue weighted by Gasteiger charge is 2.28. The lowest BCUT2D eigenvalue weighted by atomic mass is 9.96. The van der Waals surface area contributed by atoms with Crippen LogP contribution in [0.1, 0.15) is 28.9 Å². The molecule has 0 spiro atoms. The van der Waals surface area contributed by atoms with E-state index in [1.165, 1.54) is 7.11 Å². The number of piperidine rings is 1. The predicted octanol–water partition coefficient (Wildman–Crippen LogP) is 2.94. The summed E-state index contributed by atoms with van der Waals surface area (Å²) >= 11 is 0. The number of rotatable bonds is 5. The van der Waals surface area contributed by atoms with Gasteiger partial charge in [0.2, 0.25) is 0 Å². The molecule has 1 aliphatic heterocycles. The van der Waals surface area contributed by atoms with E-state index in [9.17, 15) is 9.59 Å². The number of nitrogens with zero attached hydrogens (tertiary/aromatic N) is 3. The number of benzene rings is 1. The molecule has 3 heterocycles. The molecule has 0 N–H and O–H groups in total. The van der Waals surface area contributed by atoms with Gasteiger partial charge in [0.05, 0.1) is 18.7 Å². The first-order chi connectivity index (χ1) is 14.1. The molecule has 0 aliphatic carbocycles. The number of likely N-dealkylation sites (tertiary alicyclic amines) is 1. The van der Waals surface area contributed by atoms with E-state index in [1.807, 2.05) is 47.1 Å². The van der Waals surface area contributed by atoms with Crippen LogP contribution in [0, 0.1) is 5.92 Å². The monoisotopic (exact) mass is 393 g/mol. The van der Waals surface area contributed by atoms with Crippen molar-refractivity contribution >= 4 is 17.5 Å². The van der Waals surface area contributed by atoms with E-state index in [0.717, 1.165) is 11.3 Å². The van der Waals surface area contributed by atoms with Crippen LogP contribution < -0.4 is 4.74 Å². The second-order valence-corrected chi connectivity index (χ2v) is 7.10. The first kappa shape index (κ1) is 19.0. The predicted molar refractivity (Wildman–Crippen MR) is 107 cm³/mol. The highest BCUT2D eigenvalue weighted by molar-refractivity contribution is 5.94. The zero-order valence-electron chi connectivity index (χ0n) is 16.3. The van der Waals surface area contributed by atoms with E-state index in [1.54, 1.807) is 17.0 Å². The Kier molecular flexibility index (Phi) is 5.46. The van der Waals surface area contributed by atoms with Crippen LogP contribution in [0.15, 0.2) is 54.9 Å². The molecule has 7 nitrogen and oxygen atoms in total. The first-order valence-corrected chi connectivity index (χ1v) is 9.66. The molecule has 0 bridgehead atoms. The molecule has 4 rings (SSSR count). The fourth-order valence-corrected chi connectivity index (χ4v) is 3.60. The molecule has 0 unspecified atom stereocenters. The number of pyridine rings is 1. The fourth-order valence-electron chi connectivity index (χ4n) is 3.60. The van der Waals surface area contributed by atoms with E-state index >= 15 is 0 Å². The Hall–Kier alpha value is -3.35. The third-order valence-electron chi connectivity index (χ3n) is 5.20. The van der Waals surface area contributed by atoms with Crippen LogP contribution in [-0.2, 0) is 16.1 Å². The van der Waals surface area contributed by atoms with E-state index < -0.39 is 0 Å². The summed E-state index contributed by atoms with van der Waals surface area (Å²) in [7, 11) is 1.40. The number of esters is 1. The van der Waals surface area contributed by atoms with Crippen LogP contribution in [0.4, 0.5) is 0 Å². The van der Waals surface area contributed by atoms with Gasteiger partial charge in [0.1, 0.15) is 18.0 Å². The maximum absolute atomic E-state index is 12.8. The quantitative estimate of drug-likeness (QED) is 0.623. The summed E-state index contributed by atoms with van der Waals surface area (Å²) in [4.78, 5) is 30.8. The maximum atomic E-state index is 12.8. The average molecular weight is 393 g/mol. The summed E-state index contributed by atoms with van der Waals surface area (Å²) in [6.45, 7) is 1.42. The van der Waals surface area contributed by atoms with Crippen molar-refractivity contribution in [1.82, 2.24) is 14.3 Å². The molecule has 3 aromatic rings. The molecule has 0 saturated carbocycles. The molecule has 0 atom stereocenters. The highest BCUT2D eigenvalue weighted by Crippen LogP contribution is 2.22. The standard InChI is InChI=1S/C22H23N3O4/c1-28-22(27)16-8-11-24(12-9-16)21(26)17-5-4-6-19(13-17)29-15-18-14-25-10-3-2-7-20(25)23-18/h2-7,10,13-14,16H,8-9,11-12,15H2,1H3. The van der Waals surface area contributed by atoms with Gasteiger partial charge in [-0.1, -0.05) is 12.1 Å².